The predicted molar refractivity (Wildman–Crippen MR) is 68.6 cm³/mol. The zero-order valence-electron chi connectivity index (χ0n) is 9.45. The number of thiophene rings is 1. The molecule has 0 aliphatic heterocycles. The molecule has 0 aliphatic carbocycles. The minimum Gasteiger partial charge on any atom is -0.480 e. The van der Waals surface area contributed by atoms with Crippen LogP contribution in [0.25, 0.3) is 0 Å². The molecule has 1 rings (SSSR count). The SMILES string of the molecule is CC(C)(C)c1ccc(Br)s1.N#CCC(=O)O. The molecule has 0 radical (unpaired) electrons. The maximum Gasteiger partial charge on any atom is 0.317 e. The van der Waals surface area contributed by atoms with Gasteiger partial charge in [-0.25, -0.2) is 0 Å². The summed E-state index contributed by atoms with van der Waals surface area (Å²) >= 11 is 5.25. The van der Waals surface area contributed by atoms with Crippen LogP contribution in [0.4, 0.5) is 0 Å². The van der Waals surface area contributed by atoms with E-state index in [1.165, 1.54) is 14.7 Å². The summed E-state index contributed by atoms with van der Waals surface area (Å²) < 4.78 is 1.22. The molecule has 0 saturated heterocycles. The summed E-state index contributed by atoms with van der Waals surface area (Å²) in [4.78, 5) is 10.8. The molecule has 0 amide bonds. The van der Waals surface area contributed by atoms with Gasteiger partial charge in [0, 0.05) is 4.88 Å². The Labute approximate surface area is 108 Å². The third-order valence-corrected chi connectivity index (χ3v) is 3.59. The van der Waals surface area contributed by atoms with Gasteiger partial charge in [0.2, 0.25) is 0 Å². The predicted octanol–water partition coefficient (Wildman–Crippen LogP) is 3.79. The highest BCUT2D eigenvalue weighted by Crippen LogP contribution is 2.31. The number of rotatable bonds is 1. The molecule has 1 aromatic heterocycles. The van der Waals surface area contributed by atoms with Crippen molar-refractivity contribution in [2.75, 3.05) is 0 Å². The van der Waals surface area contributed by atoms with Crippen LogP contribution < -0.4 is 0 Å². The van der Waals surface area contributed by atoms with E-state index in [0.29, 0.717) is 5.41 Å². The molecule has 0 aliphatic rings. The number of hydrogen-bond donors (Lipinski definition) is 1. The lowest BCUT2D eigenvalue weighted by molar-refractivity contribution is -0.135. The van der Waals surface area contributed by atoms with Crippen molar-refractivity contribution in [2.45, 2.75) is 32.6 Å². The van der Waals surface area contributed by atoms with Gasteiger partial charge in [-0.15, -0.1) is 11.3 Å². The molecule has 1 N–H and O–H groups in total. The van der Waals surface area contributed by atoms with Crippen LogP contribution in [-0.2, 0) is 10.2 Å². The monoisotopic (exact) mass is 303 g/mol. The van der Waals surface area contributed by atoms with Gasteiger partial charge in [0.25, 0.3) is 0 Å². The van der Waals surface area contributed by atoms with Crippen LogP contribution in [0.2, 0.25) is 0 Å². The summed E-state index contributed by atoms with van der Waals surface area (Å²) in [6, 6.07) is 5.75. The molecule has 0 saturated carbocycles. The quantitative estimate of drug-likeness (QED) is 0.858. The molecule has 0 atom stereocenters. The van der Waals surface area contributed by atoms with Gasteiger partial charge in [0.15, 0.2) is 0 Å². The van der Waals surface area contributed by atoms with E-state index in [-0.39, 0.29) is 0 Å². The summed E-state index contributed by atoms with van der Waals surface area (Å²) in [6.07, 6.45) is -0.403. The first-order valence-electron chi connectivity index (χ1n) is 4.62. The third kappa shape index (κ3) is 6.59. The van der Waals surface area contributed by atoms with Gasteiger partial charge in [-0.3, -0.25) is 4.79 Å². The van der Waals surface area contributed by atoms with Crippen molar-refractivity contribution in [3.05, 3.63) is 20.8 Å². The first kappa shape index (κ1) is 15.1. The molecule has 0 unspecified atom stereocenters. The molecular formula is C11H14BrNO2S. The summed E-state index contributed by atoms with van der Waals surface area (Å²) in [5, 5.41) is 15.3. The Morgan fingerprint density at radius 3 is 2.25 bits per heavy atom. The van der Waals surface area contributed by atoms with Crippen LogP contribution in [0.5, 0.6) is 0 Å². The van der Waals surface area contributed by atoms with Crippen LogP contribution in [0.15, 0.2) is 15.9 Å². The maximum absolute atomic E-state index is 9.38. The number of carboxylic acid groups (broad SMARTS) is 1. The number of carbonyl (C=O) groups is 1. The second kappa shape index (κ2) is 6.66. The third-order valence-electron chi connectivity index (χ3n) is 1.54. The number of carboxylic acids is 1. The van der Waals surface area contributed by atoms with Crippen LogP contribution in [0.3, 0.4) is 0 Å². The Balaban J connectivity index is 0.000000325. The van der Waals surface area contributed by atoms with Crippen molar-refractivity contribution in [3.63, 3.8) is 0 Å². The Morgan fingerprint density at radius 1 is 1.56 bits per heavy atom. The summed E-state index contributed by atoms with van der Waals surface area (Å²) in [5.41, 5.74) is 0.302. The molecule has 0 bridgehead atoms. The molecule has 16 heavy (non-hydrogen) atoms. The van der Waals surface area contributed by atoms with Gasteiger partial charge < -0.3 is 5.11 Å². The van der Waals surface area contributed by atoms with Crippen LogP contribution in [-0.4, -0.2) is 11.1 Å². The van der Waals surface area contributed by atoms with Crippen LogP contribution in [0, 0.1) is 11.3 Å². The number of nitriles is 1. The van der Waals surface area contributed by atoms with Gasteiger partial charge in [0.1, 0.15) is 6.42 Å². The van der Waals surface area contributed by atoms with E-state index >= 15 is 0 Å². The highest BCUT2D eigenvalue weighted by molar-refractivity contribution is 9.11. The largest absolute Gasteiger partial charge is 0.480 e. The maximum atomic E-state index is 9.38. The topological polar surface area (TPSA) is 61.1 Å². The van der Waals surface area contributed by atoms with E-state index in [4.69, 9.17) is 10.4 Å². The van der Waals surface area contributed by atoms with Gasteiger partial charge in [-0.05, 0) is 33.5 Å². The number of hydrogen-bond acceptors (Lipinski definition) is 3. The average molecular weight is 304 g/mol. The number of halogens is 1. The van der Waals surface area contributed by atoms with E-state index in [0.717, 1.165) is 0 Å². The number of aliphatic carboxylic acids is 1. The van der Waals surface area contributed by atoms with E-state index in [2.05, 4.69) is 48.8 Å². The highest BCUT2D eigenvalue weighted by atomic mass is 79.9. The van der Waals surface area contributed by atoms with Crippen molar-refractivity contribution in [3.8, 4) is 6.07 Å². The Bertz CT molecular complexity index is 387. The fourth-order valence-corrected chi connectivity index (χ4v) is 2.23. The van der Waals surface area contributed by atoms with E-state index in [1.54, 1.807) is 0 Å². The smallest absolute Gasteiger partial charge is 0.317 e. The normalized spacial score (nSPS) is 9.94. The van der Waals surface area contributed by atoms with Crippen molar-refractivity contribution in [1.82, 2.24) is 0 Å². The second-order valence-corrected chi connectivity index (χ2v) is 6.55. The lowest BCUT2D eigenvalue weighted by Crippen LogP contribution is -2.07. The van der Waals surface area contributed by atoms with Crippen molar-refractivity contribution >= 4 is 33.2 Å². The van der Waals surface area contributed by atoms with Gasteiger partial charge in [-0.1, -0.05) is 20.8 Å². The molecule has 0 aromatic carbocycles. The zero-order valence-corrected chi connectivity index (χ0v) is 11.9. The zero-order chi connectivity index (χ0) is 12.8. The van der Waals surface area contributed by atoms with Crippen molar-refractivity contribution in [1.29, 1.82) is 5.26 Å². The van der Waals surface area contributed by atoms with Crippen molar-refractivity contribution in [2.24, 2.45) is 0 Å². The number of nitrogens with zero attached hydrogens (tertiary/aromatic N) is 1. The fourth-order valence-electron chi connectivity index (χ4n) is 0.785. The van der Waals surface area contributed by atoms with Gasteiger partial charge in [-0.2, -0.15) is 5.26 Å². The van der Waals surface area contributed by atoms with E-state index < -0.39 is 12.4 Å². The first-order valence-corrected chi connectivity index (χ1v) is 6.23. The van der Waals surface area contributed by atoms with E-state index in [9.17, 15) is 4.79 Å². The molecule has 1 heterocycles. The molecule has 0 spiro atoms. The Hall–Kier alpha value is -0.860. The minimum absolute atomic E-state index is 0.302. The average Bonchev–Trinajstić information content (AvgIpc) is 2.51. The second-order valence-electron chi connectivity index (χ2n) is 4.08. The fraction of sp³-hybridized carbons (Fsp3) is 0.455. The molecule has 3 nitrogen and oxygen atoms in total. The summed E-state index contributed by atoms with van der Waals surface area (Å²) in [5.74, 6) is -1.07. The summed E-state index contributed by atoms with van der Waals surface area (Å²) in [6.45, 7) is 6.68. The lowest BCUT2D eigenvalue weighted by Gasteiger charge is -2.14. The standard InChI is InChI=1S/C8H11BrS.C3H3NO2/c1-8(2,3)6-4-5-7(9)10-6;4-2-1-3(5)6/h4-5H,1-3H3;1H2,(H,5,6). The first-order chi connectivity index (χ1) is 7.27. The van der Waals surface area contributed by atoms with Crippen molar-refractivity contribution < 1.29 is 9.90 Å². The Kier molecular flexibility index (Phi) is 6.31. The molecule has 88 valence electrons. The molecule has 1 aromatic rings. The molecule has 0 fully saturated rings. The Morgan fingerprint density at radius 2 is 2.12 bits per heavy atom. The van der Waals surface area contributed by atoms with Crippen LogP contribution in [0.1, 0.15) is 32.1 Å². The van der Waals surface area contributed by atoms with Gasteiger partial charge >= 0.3 is 5.97 Å². The molecule has 5 heteroatoms. The molecular weight excluding hydrogens is 290 g/mol. The lowest BCUT2D eigenvalue weighted by atomic mass is 9.95. The van der Waals surface area contributed by atoms with Gasteiger partial charge in [0.05, 0.1) is 9.86 Å². The highest BCUT2D eigenvalue weighted by Gasteiger charge is 2.14. The summed E-state index contributed by atoms with van der Waals surface area (Å²) in [7, 11) is 0. The van der Waals surface area contributed by atoms with Crippen LogP contribution >= 0.6 is 27.3 Å². The minimum atomic E-state index is -1.07. The van der Waals surface area contributed by atoms with E-state index in [1.807, 2.05) is 11.3 Å².